The first-order valence-electron chi connectivity index (χ1n) is 11.0. The van der Waals surface area contributed by atoms with E-state index in [0.29, 0.717) is 28.3 Å². The van der Waals surface area contributed by atoms with Gasteiger partial charge in [0.05, 0.1) is 5.56 Å². The number of rotatable bonds is 3. The second-order valence-electron chi connectivity index (χ2n) is 9.39. The number of hydrogen-bond donors (Lipinski definition) is 3. The first kappa shape index (κ1) is 23.4. The summed E-state index contributed by atoms with van der Waals surface area (Å²) in [5, 5.41) is 16.3. The third kappa shape index (κ3) is 4.94. The molecular weight excluding hydrogens is 446 g/mol. The summed E-state index contributed by atoms with van der Waals surface area (Å²) in [6.07, 6.45) is 0. The molecule has 4 aromatic rings. The highest BCUT2D eigenvalue weighted by atomic mass is 32.1. The highest BCUT2D eigenvalue weighted by molar-refractivity contribution is 7.80. The van der Waals surface area contributed by atoms with Gasteiger partial charge in [-0.25, -0.2) is 4.98 Å². The van der Waals surface area contributed by atoms with E-state index in [9.17, 15) is 9.90 Å². The van der Waals surface area contributed by atoms with Crippen LogP contribution in [0, 0.1) is 13.8 Å². The predicted octanol–water partition coefficient (Wildman–Crippen LogP) is 6.24. The Hall–Kier alpha value is -3.71. The van der Waals surface area contributed by atoms with Crippen LogP contribution in [0.2, 0.25) is 0 Å². The lowest BCUT2D eigenvalue weighted by molar-refractivity contribution is 0.0977. The Morgan fingerprint density at radius 1 is 1.00 bits per heavy atom. The maximum atomic E-state index is 12.5. The Labute approximate surface area is 204 Å². The molecule has 0 unspecified atom stereocenters. The number of hydrogen-bond acceptors (Lipinski definition) is 5. The Morgan fingerprint density at radius 3 is 2.32 bits per heavy atom. The second kappa shape index (κ2) is 8.91. The number of fused-ring (bicyclic) bond motifs is 1. The molecule has 7 heteroatoms. The summed E-state index contributed by atoms with van der Waals surface area (Å²) in [5.74, 6) is 0.00592. The second-order valence-corrected chi connectivity index (χ2v) is 9.80. The monoisotopic (exact) mass is 473 g/mol. The van der Waals surface area contributed by atoms with Crippen LogP contribution in [0.4, 0.5) is 5.69 Å². The van der Waals surface area contributed by atoms with E-state index in [0.717, 1.165) is 22.2 Å². The number of aromatic nitrogens is 1. The molecule has 1 amide bonds. The van der Waals surface area contributed by atoms with Crippen LogP contribution in [0.5, 0.6) is 5.75 Å². The SMILES string of the molecule is Cc1cc2nc(-c3ccc(NC(=S)NC(=O)c4ccc(C(C)(C)C)cc4)cc3O)oc2cc1C. The van der Waals surface area contributed by atoms with Gasteiger partial charge >= 0.3 is 0 Å². The minimum atomic E-state index is -0.309. The summed E-state index contributed by atoms with van der Waals surface area (Å²) in [7, 11) is 0. The van der Waals surface area contributed by atoms with E-state index in [1.54, 1.807) is 24.3 Å². The predicted molar refractivity (Wildman–Crippen MR) is 139 cm³/mol. The molecule has 34 heavy (non-hydrogen) atoms. The van der Waals surface area contributed by atoms with Gasteiger partial charge in [0.2, 0.25) is 5.89 Å². The van der Waals surface area contributed by atoms with Gasteiger partial charge in [0, 0.05) is 17.3 Å². The highest BCUT2D eigenvalue weighted by Crippen LogP contribution is 2.33. The molecule has 3 N–H and O–H groups in total. The van der Waals surface area contributed by atoms with Crippen molar-refractivity contribution in [1.82, 2.24) is 10.3 Å². The van der Waals surface area contributed by atoms with Crippen LogP contribution < -0.4 is 10.6 Å². The molecule has 1 heterocycles. The minimum absolute atomic E-state index is 0.00973. The van der Waals surface area contributed by atoms with Crippen molar-refractivity contribution in [2.24, 2.45) is 0 Å². The fourth-order valence-corrected chi connectivity index (χ4v) is 3.76. The van der Waals surface area contributed by atoms with Crippen molar-refractivity contribution in [2.45, 2.75) is 40.0 Å². The topological polar surface area (TPSA) is 87.4 Å². The maximum Gasteiger partial charge on any atom is 0.257 e. The molecule has 0 saturated heterocycles. The van der Waals surface area contributed by atoms with Gasteiger partial charge in [0.25, 0.3) is 5.91 Å². The van der Waals surface area contributed by atoms with Crippen LogP contribution in [0.25, 0.3) is 22.6 Å². The van der Waals surface area contributed by atoms with Crippen molar-refractivity contribution in [1.29, 1.82) is 0 Å². The Balaban J connectivity index is 1.45. The van der Waals surface area contributed by atoms with Crippen molar-refractivity contribution in [3.8, 4) is 17.2 Å². The summed E-state index contributed by atoms with van der Waals surface area (Å²) in [6.45, 7) is 10.4. The van der Waals surface area contributed by atoms with Crippen LogP contribution in [0.3, 0.4) is 0 Å². The Bertz CT molecular complexity index is 1360. The first-order valence-corrected chi connectivity index (χ1v) is 11.4. The van der Waals surface area contributed by atoms with Gasteiger partial charge in [-0.2, -0.15) is 0 Å². The van der Waals surface area contributed by atoms with E-state index in [1.807, 2.05) is 38.1 Å². The summed E-state index contributed by atoms with van der Waals surface area (Å²) >= 11 is 5.28. The van der Waals surface area contributed by atoms with Crippen molar-refractivity contribution >= 4 is 40.0 Å². The van der Waals surface area contributed by atoms with Crippen molar-refractivity contribution in [3.63, 3.8) is 0 Å². The summed E-state index contributed by atoms with van der Waals surface area (Å²) in [6, 6.07) is 16.3. The van der Waals surface area contributed by atoms with E-state index < -0.39 is 0 Å². The number of benzene rings is 3. The molecule has 4 rings (SSSR count). The van der Waals surface area contributed by atoms with Crippen LogP contribution in [0.1, 0.15) is 47.8 Å². The highest BCUT2D eigenvalue weighted by Gasteiger charge is 2.16. The van der Waals surface area contributed by atoms with Gasteiger partial charge < -0.3 is 14.8 Å². The first-order chi connectivity index (χ1) is 16.0. The minimum Gasteiger partial charge on any atom is -0.507 e. The fourth-order valence-electron chi connectivity index (χ4n) is 3.54. The zero-order chi connectivity index (χ0) is 24.6. The quantitative estimate of drug-likeness (QED) is 0.305. The third-order valence-electron chi connectivity index (χ3n) is 5.73. The molecular formula is C27H27N3O3S. The van der Waals surface area contributed by atoms with Crippen molar-refractivity contribution < 1.29 is 14.3 Å². The average Bonchev–Trinajstić information content (AvgIpc) is 3.15. The van der Waals surface area contributed by atoms with Gasteiger partial charge in [-0.1, -0.05) is 32.9 Å². The van der Waals surface area contributed by atoms with Crippen LogP contribution in [0.15, 0.2) is 59.0 Å². The number of nitrogens with zero attached hydrogens (tertiary/aromatic N) is 1. The van der Waals surface area contributed by atoms with E-state index in [-0.39, 0.29) is 22.2 Å². The molecule has 0 saturated carbocycles. The summed E-state index contributed by atoms with van der Waals surface area (Å²) in [4.78, 5) is 17.0. The summed E-state index contributed by atoms with van der Waals surface area (Å²) in [5.41, 5.74) is 6.29. The summed E-state index contributed by atoms with van der Waals surface area (Å²) < 4.78 is 5.85. The molecule has 0 radical (unpaired) electrons. The molecule has 0 spiro atoms. The third-order valence-corrected chi connectivity index (χ3v) is 5.93. The number of aromatic hydroxyl groups is 1. The molecule has 0 fully saturated rings. The van der Waals surface area contributed by atoms with E-state index in [2.05, 4.69) is 36.4 Å². The van der Waals surface area contributed by atoms with E-state index >= 15 is 0 Å². The molecule has 0 aliphatic rings. The molecule has 0 aliphatic heterocycles. The van der Waals surface area contributed by atoms with Gasteiger partial charge in [0.1, 0.15) is 11.3 Å². The molecule has 0 atom stereocenters. The van der Waals surface area contributed by atoms with Gasteiger partial charge in [-0.3, -0.25) is 10.1 Å². The zero-order valence-electron chi connectivity index (χ0n) is 19.8. The normalized spacial score (nSPS) is 11.4. The van der Waals surface area contributed by atoms with Crippen molar-refractivity contribution in [2.75, 3.05) is 5.32 Å². The number of carbonyl (C=O) groups excluding carboxylic acids is 1. The number of anilines is 1. The number of aryl methyl sites for hydroxylation is 2. The molecule has 3 aromatic carbocycles. The average molecular weight is 474 g/mol. The van der Waals surface area contributed by atoms with E-state index in [4.69, 9.17) is 16.6 Å². The zero-order valence-corrected chi connectivity index (χ0v) is 20.6. The van der Waals surface area contributed by atoms with Crippen LogP contribution >= 0.6 is 12.2 Å². The Morgan fingerprint density at radius 2 is 1.68 bits per heavy atom. The van der Waals surface area contributed by atoms with Gasteiger partial charge in [-0.15, -0.1) is 0 Å². The molecule has 174 valence electrons. The van der Waals surface area contributed by atoms with Crippen LogP contribution in [-0.4, -0.2) is 21.1 Å². The lowest BCUT2D eigenvalue weighted by Crippen LogP contribution is -2.34. The Kier molecular flexibility index (Phi) is 6.15. The lowest BCUT2D eigenvalue weighted by atomic mass is 9.87. The number of oxazole rings is 1. The number of amides is 1. The molecule has 0 aliphatic carbocycles. The fraction of sp³-hybridized carbons (Fsp3) is 0.222. The smallest absolute Gasteiger partial charge is 0.257 e. The maximum absolute atomic E-state index is 12.5. The molecule has 1 aromatic heterocycles. The van der Waals surface area contributed by atoms with Gasteiger partial charge in [0.15, 0.2) is 10.7 Å². The standard InChI is InChI=1S/C27H27N3O3S/c1-15-12-21-23(13-16(15)2)33-25(29-21)20-11-10-19(14-22(20)31)28-26(34)30-24(32)17-6-8-18(9-7-17)27(3,4)5/h6-14,31H,1-5H3,(H2,28,30,32,34). The number of phenolic OH excluding ortho intramolecular Hbond substituents is 1. The van der Waals surface area contributed by atoms with Gasteiger partial charge in [-0.05, 0) is 84.6 Å². The largest absolute Gasteiger partial charge is 0.507 e. The number of carbonyl (C=O) groups is 1. The lowest BCUT2D eigenvalue weighted by Gasteiger charge is -2.19. The number of nitrogens with one attached hydrogen (secondary N) is 2. The molecule has 0 bridgehead atoms. The number of thiocarbonyl (C=S) groups is 1. The van der Waals surface area contributed by atoms with Crippen LogP contribution in [-0.2, 0) is 5.41 Å². The van der Waals surface area contributed by atoms with Crippen molar-refractivity contribution in [3.05, 3.63) is 76.9 Å². The molecule has 6 nitrogen and oxygen atoms in total. The van der Waals surface area contributed by atoms with E-state index in [1.165, 1.54) is 6.07 Å². The number of phenols is 1.